The summed E-state index contributed by atoms with van der Waals surface area (Å²) in [6.07, 6.45) is -0.666. The van der Waals surface area contributed by atoms with Gasteiger partial charge in [-0.05, 0) is 38.1 Å². The predicted octanol–water partition coefficient (Wildman–Crippen LogP) is 2.06. The van der Waals surface area contributed by atoms with Crippen LogP contribution in [-0.2, 0) is 9.53 Å². The van der Waals surface area contributed by atoms with Crippen molar-refractivity contribution in [2.75, 3.05) is 19.7 Å². The number of halogens is 1. The quantitative estimate of drug-likeness (QED) is 0.869. The Kier molecular flexibility index (Phi) is 5.49. The third kappa shape index (κ3) is 4.53. The van der Waals surface area contributed by atoms with Gasteiger partial charge in [0.2, 0.25) is 0 Å². The second-order valence-corrected chi connectivity index (χ2v) is 5.73. The van der Waals surface area contributed by atoms with Gasteiger partial charge in [-0.25, -0.2) is 4.79 Å². The van der Waals surface area contributed by atoms with Gasteiger partial charge >= 0.3 is 6.09 Å². The number of benzene rings is 1. The van der Waals surface area contributed by atoms with E-state index in [4.69, 9.17) is 21.1 Å². The summed E-state index contributed by atoms with van der Waals surface area (Å²) in [5.41, 5.74) is 0. The van der Waals surface area contributed by atoms with E-state index in [0.29, 0.717) is 17.3 Å². The minimum absolute atomic E-state index is 0.0847. The number of carbonyl (C=O) groups excluding carboxylic acids is 2. The van der Waals surface area contributed by atoms with Crippen LogP contribution in [0.15, 0.2) is 24.3 Å². The molecule has 120 valence electrons. The summed E-state index contributed by atoms with van der Waals surface area (Å²) in [7, 11) is 0. The summed E-state index contributed by atoms with van der Waals surface area (Å²) < 4.78 is 10.5. The van der Waals surface area contributed by atoms with E-state index >= 15 is 0 Å². The van der Waals surface area contributed by atoms with Gasteiger partial charge in [0.05, 0.1) is 13.1 Å². The molecule has 1 aliphatic heterocycles. The molecule has 1 heterocycles. The van der Waals surface area contributed by atoms with Crippen molar-refractivity contribution < 1.29 is 19.1 Å². The first kappa shape index (κ1) is 16.4. The van der Waals surface area contributed by atoms with E-state index in [1.807, 2.05) is 13.8 Å². The highest BCUT2D eigenvalue weighted by atomic mass is 35.5. The van der Waals surface area contributed by atoms with Gasteiger partial charge in [-0.3, -0.25) is 4.79 Å². The summed E-state index contributed by atoms with van der Waals surface area (Å²) >= 11 is 5.76. The molecule has 0 aliphatic carbocycles. The Labute approximate surface area is 134 Å². The van der Waals surface area contributed by atoms with Crippen molar-refractivity contribution in [1.82, 2.24) is 10.2 Å². The van der Waals surface area contributed by atoms with Gasteiger partial charge in [-0.1, -0.05) is 11.6 Å². The molecule has 1 fully saturated rings. The van der Waals surface area contributed by atoms with Crippen molar-refractivity contribution in [3.8, 4) is 5.75 Å². The Morgan fingerprint density at radius 2 is 2.14 bits per heavy atom. The highest BCUT2D eigenvalue weighted by Crippen LogP contribution is 2.15. The normalized spacial score (nSPS) is 17.5. The van der Waals surface area contributed by atoms with Crippen LogP contribution in [-0.4, -0.2) is 48.7 Å². The first-order valence-corrected chi connectivity index (χ1v) is 7.46. The summed E-state index contributed by atoms with van der Waals surface area (Å²) in [6, 6.07) is 6.84. The minimum Gasteiger partial charge on any atom is -0.484 e. The number of amides is 2. The first-order valence-electron chi connectivity index (χ1n) is 7.08. The van der Waals surface area contributed by atoms with E-state index < -0.39 is 0 Å². The number of nitrogens with one attached hydrogen (secondary N) is 1. The third-order valence-corrected chi connectivity index (χ3v) is 3.49. The molecule has 22 heavy (non-hydrogen) atoms. The monoisotopic (exact) mass is 326 g/mol. The third-order valence-electron chi connectivity index (χ3n) is 3.24. The Hall–Kier alpha value is -1.95. The maximum absolute atomic E-state index is 11.7. The lowest BCUT2D eigenvalue weighted by molar-refractivity contribution is -0.123. The molecule has 6 nitrogen and oxygen atoms in total. The van der Waals surface area contributed by atoms with Crippen LogP contribution in [0.5, 0.6) is 5.75 Å². The van der Waals surface area contributed by atoms with E-state index in [1.165, 1.54) is 0 Å². The number of carbonyl (C=O) groups is 2. The maximum Gasteiger partial charge on any atom is 0.410 e. The zero-order valence-electron chi connectivity index (χ0n) is 12.5. The molecule has 2 amide bonds. The van der Waals surface area contributed by atoms with Crippen LogP contribution in [0.1, 0.15) is 13.8 Å². The van der Waals surface area contributed by atoms with Gasteiger partial charge < -0.3 is 19.7 Å². The maximum atomic E-state index is 11.7. The fraction of sp³-hybridized carbons (Fsp3) is 0.467. The molecule has 0 saturated carbocycles. The smallest absolute Gasteiger partial charge is 0.410 e. The molecule has 1 unspecified atom stereocenters. The van der Waals surface area contributed by atoms with Crippen molar-refractivity contribution in [2.45, 2.75) is 26.0 Å². The van der Waals surface area contributed by atoms with Gasteiger partial charge in [0.25, 0.3) is 5.91 Å². The highest BCUT2D eigenvalue weighted by molar-refractivity contribution is 6.30. The van der Waals surface area contributed by atoms with Crippen LogP contribution in [0, 0.1) is 0 Å². The van der Waals surface area contributed by atoms with E-state index in [2.05, 4.69) is 5.32 Å². The zero-order chi connectivity index (χ0) is 16.1. The molecule has 0 spiro atoms. The van der Waals surface area contributed by atoms with Crippen molar-refractivity contribution in [3.63, 3.8) is 0 Å². The molecule has 1 saturated heterocycles. The topological polar surface area (TPSA) is 67.9 Å². The first-order chi connectivity index (χ1) is 10.5. The molecular formula is C15H19ClN2O4. The lowest BCUT2D eigenvalue weighted by Gasteiger charge is -2.16. The number of rotatable bonds is 6. The van der Waals surface area contributed by atoms with E-state index in [9.17, 15) is 9.59 Å². The average molecular weight is 327 g/mol. The molecule has 1 aromatic carbocycles. The summed E-state index contributed by atoms with van der Waals surface area (Å²) in [5, 5.41) is 3.30. The lowest BCUT2D eigenvalue weighted by atomic mass is 10.3. The van der Waals surface area contributed by atoms with E-state index in [0.717, 1.165) is 0 Å². The molecule has 2 rings (SSSR count). The molecule has 0 radical (unpaired) electrons. The number of cyclic esters (lactones) is 1. The van der Waals surface area contributed by atoms with Crippen LogP contribution in [0.4, 0.5) is 4.79 Å². The fourth-order valence-corrected chi connectivity index (χ4v) is 2.15. The molecule has 1 N–H and O–H groups in total. The Balaban J connectivity index is 1.70. The van der Waals surface area contributed by atoms with Crippen molar-refractivity contribution in [1.29, 1.82) is 0 Å². The van der Waals surface area contributed by atoms with Crippen LogP contribution in [0.3, 0.4) is 0 Å². The fourth-order valence-electron chi connectivity index (χ4n) is 2.03. The second-order valence-electron chi connectivity index (χ2n) is 5.30. The van der Waals surface area contributed by atoms with E-state index in [1.54, 1.807) is 29.2 Å². The minimum atomic E-state index is -0.341. The van der Waals surface area contributed by atoms with Crippen molar-refractivity contribution in [3.05, 3.63) is 29.3 Å². The summed E-state index contributed by atoms with van der Waals surface area (Å²) in [6.45, 7) is 4.49. The van der Waals surface area contributed by atoms with E-state index in [-0.39, 0.29) is 37.3 Å². The van der Waals surface area contributed by atoms with Crippen molar-refractivity contribution >= 4 is 23.6 Å². The lowest BCUT2D eigenvalue weighted by Crippen LogP contribution is -2.38. The Morgan fingerprint density at radius 1 is 1.45 bits per heavy atom. The van der Waals surface area contributed by atoms with Crippen LogP contribution in [0.2, 0.25) is 5.02 Å². The van der Waals surface area contributed by atoms with Crippen LogP contribution < -0.4 is 10.1 Å². The highest BCUT2D eigenvalue weighted by Gasteiger charge is 2.32. The number of ether oxygens (including phenoxy) is 2. The van der Waals surface area contributed by atoms with Crippen molar-refractivity contribution in [2.24, 2.45) is 0 Å². The van der Waals surface area contributed by atoms with Gasteiger partial charge in [-0.15, -0.1) is 0 Å². The summed E-state index contributed by atoms with van der Waals surface area (Å²) in [4.78, 5) is 24.9. The SMILES string of the molecule is CC(C)N1CC(CNC(=O)COc2ccc(Cl)cc2)OC1=O. The standard InChI is InChI=1S/C15H19ClN2O4/c1-10(2)18-8-13(22-15(18)20)7-17-14(19)9-21-12-5-3-11(16)4-6-12/h3-6,10,13H,7-9H2,1-2H3,(H,17,19). The Bertz CT molecular complexity index is 533. The number of hydrogen-bond donors (Lipinski definition) is 1. The predicted molar refractivity (Wildman–Crippen MR) is 82.1 cm³/mol. The molecule has 0 aromatic heterocycles. The Morgan fingerprint density at radius 3 is 2.73 bits per heavy atom. The molecule has 0 bridgehead atoms. The van der Waals surface area contributed by atoms with Gasteiger partial charge in [0, 0.05) is 11.1 Å². The number of nitrogens with zero attached hydrogens (tertiary/aromatic N) is 1. The van der Waals surface area contributed by atoms with Crippen LogP contribution >= 0.6 is 11.6 Å². The molecular weight excluding hydrogens is 308 g/mol. The van der Waals surface area contributed by atoms with Gasteiger partial charge in [-0.2, -0.15) is 0 Å². The van der Waals surface area contributed by atoms with Gasteiger partial charge in [0.15, 0.2) is 6.61 Å². The zero-order valence-corrected chi connectivity index (χ0v) is 13.3. The second kappa shape index (κ2) is 7.35. The molecule has 1 aliphatic rings. The summed E-state index contributed by atoms with van der Waals surface area (Å²) in [5.74, 6) is 0.298. The average Bonchev–Trinajstić information content (AvgIpc) is 2.86. The molecule has 1 atom stereocenters. The molecule has 1 aromatic rings. The van der Waals surface area contributed by atoms with Gasteiger partial charge in [0.1, 0.15) is 11.9 Å². The number of hydrogen-bond acceptors (Lipinski definition) is 4. The molecule has 7 heteroatoms. The van der Waals surface area contributed by atoms with Crippen LogP contribution in [0.25, 0.3) is 0 Å². The largest absolute Gasteiger partial charge is 0.484 e.